The number of benzene rings is 1. The number of likely N-dealkylation sites (N-methyl/N-ethyl adjacent to an activating group) is 1. The smallest absolute Gasteiger partial charge is 0.269 e. The molecule has 1 amide bonds. The number of amidine groups is 1. The van der Waals surface area contributed by atoms with Gasteiger partial charge in [-0.25, -0.2) is 0 Å². The standard InChI is InChI=1S/C18H20ClN3OS2/c1-21-13-10-11(19)8-9-14(13)24-17(21)15-16(23)22(2)18(25-15)20-12-6-4-3-5-7-12/h8-10,12H,3-7H2,1-2H3/b17-15+,20-18?. The van der Waals surface area contributed by atoms with Crippen molar-refractivity contribution in [2.24, 2.45) is 4.99 Å². The van der Waals surface area contributed by atoms with E-state index in [2.05, 4.69) is 4.90 Å². The lowest BCUT2D eigenvalue weighted by atomic mass is 9.96. The van der Waals surface area contributed by atoms with E-state index >= 15 is 0 Å². The lowest BCUT2D eigenvalue weighted by molar-refractivity contribution is -0.121. The van der Waals surface area contributed by atoms with Gasteiger partial charge in [-0.2, -0.15) is 0 Å². The number of hydrogen-bond acceptors (Lipinski definition) is 5. The van der Waals surface area contributed by atoms with Crippen molar-refractivity contribution in [1.82, 2.24) is 4.90 Å². The molecule has 0 spiro atoms. The summed E-state index contributed by atoms with van der Waals surface area (Å²) in [7, 11) is 3.82. The first-order valence-corrected chi connectivity index (χ1v) is 10.5. The molecule has 7 heteroatoms. The number of carbonyl (C=O) groups excluding carboxylic acids is 1. The van der Waals surface area contributed by atoms with Crippen LogP contribution in [0.2, 0.25) is 5.02 Å². The summed E-state index contributed by atoms with van der Waals surface area (Å²) in [6, 6.07) is 6.21. The maximum atomic E-state index is 12.8. The molecule has 2 fully saturated rings. The Morgan fingerprint density at radius 3 is 2.64 bits per heavy atom. The van der Waals surface area contributed by atoms with Crippen molar-refractivity contribution in [3.05, 3.63) is 33.2 Å². The summed E-state index contributed by atoms with van der Waals surface area (Å²) in [4.78, 5) is 23.3. The highest BCUT2D eigenvalue weighted by atomic mass is 35.5. The summed E-state index contributed by atoms with van der Waals surface area (Å²) in [5, 5.41) is 2.51. The van der Waals surface area contributed by atoms with Crippen LogP contribution in [-0.4, -0.2) is 36.1 Å². The second kappa shape index (κ2) is 6.89. The number of fused-ring (bicyclic) bond motifs is 1. The Balaban J connectivity index is 1.64. The van der Waals surface area contributed by atoms with Gasteiger partial charge >= 0.3 is 0 Å². The van der Waals surface area contributed by atoms with Crippen molar-refractivity contribution in [1.29, 1.82) is 0 Å². The van der Waals surface area contributed by atoms with E-state index in [0.29, 0.717) is 11.1 Å². The number of anilines is 1. The van der Waals surface area contributed by atoms with Gasteiger partial charge in [-0.1, -0.05) is 42.6 Å². The predicted octanol–water partition coefficient (Wildman–Crippen LogP) is 4.94. The molecule has 1 saturated carbocycles. The van der Waals surface area contributed by atoms with Crippen LogP contribution < -0.4 is 4.90 Å². The van der Waals surface area contributed by atoms with E-state index in [1.54, 1.807) is 16.7 Å². The second-order valence-electron chi connectivity index (χ2n) is 6.58. The summed E-state index contributed by atoms with van der Waals surface area (Å²) in [6.07, 6.45) is 6.06. The van der Waals surface area contributed by atoms with E-state index < -0.39 is 0 Å². The molecule has 0 unspecified atom stereocenters. The molecule has 0 aromatic heterocycles. The van der Waals surface area contributed by atoms with Crippen LogP contribution in [0.3, 0.4) is 0 Å². The number of hydrogen-bond donors (Lipinski definition) is 0. The number of amides is 1. The van der Waals surface area contributed by atoms with Gasteiger partial charge in [0, 0.05) is 24.0 Å². The topological polar surface area (TPSA) is 35.9 Å². The number of aliphatic imine (C=N–C) groups is 1. The fraction of sp³-hybridized carbons (Fsp3) is 0.444. The number of thioether (sulfide) groups is 2. The lowest BCUT2D eigenvalue weighted by Gasteiger charge is -2.19. The van der Waals surface area contributed by atoms with Crippen molar-refractivity contribution in [3.63, 3.8) is 0 Å². The van der Waals surface area contributed by atoms with Gasteiger partial charge in [-0.05, 0) is 42.8 Å². The molecule has 0 atom stereocenters. The molecule has 2 heterocycles. The number of rotatable bonds is 1. The Bertz CT molecular complexity index is 787. The summed E-state index contributed by atoms with van der Waals surface area (Å²) in [5.41, 5.74) is 1.05. The molecule has 2 aliphatic heterocycles. The first-order chi connectivity index (χ1) is 12.0. The van der Waals surface area contributed by atoms with Crippen LogP contribution in [-0.2, 0) is 4.79 Å². The molecular weight excluding hydrogens is 374 g/mol. The summed E-state index contributed by atoms with van der Waals surface area (Å²) < 4.78 is 0. The zero-order valence-electron chi connectivity index (χ0n) is 14.3. The Hall–Kier alpha value is -1.11. The van der Waals surface area contributed by atoms with Gasteiger partial charge in [0.1, 0.15) is 4.91 Å². The van der Waals surface area contributed by atoms with Crippen LogP contribution in [0.5, 0.6) is 0 Å². The fourth-order valence-electron chi connectivity index (χ4n) is 3.38. The number of halogens is 1. The first-order valence-electron chi connectivity index (χ1n) is 8.53. The molecule has 0 radical (unpaired) electrons. The molecule has 4 rings (SSSR count). The second-order valence-corrected chi connectivity index (χ2v) is 9.02. The number of nitrogens with zero attached hydrogens (tertiary/aromatic N) is 3. The Labute approximate surface area is 161 Å². The van der Waals surface area contributed by atoms with Gasteiger partial charge in [0.25, 0.3) is 5.91 Å². The van der Waals surface area contributed by atoms with Crippen molar-refractivity contribution < 1.29 is 4.79 Å². The van der Waals surface area contributed by atoms with E-state index in [0.717, 1.165) is 38.5 Å². The average molecular weight is 394 g/mol. The normalized spacial score (nSPS) is 26.0. The average Bonchev–Trinajstić information content (AvgIpc) is 3.08. The van der Waals surface area contributed by atoms with Gasteiger partial charge in [-0.3, -0.25) is 14.7 Å². The molecular formula is C18H20ClN3OS2. The molecule has 0 N–H and O–H groups in total. The molecule has 1 aromatic carbocycles. The Morgan fingerprint density at radius 1 is 1.12 bits per heavy atom. The summed E-state index contributed by atoms with van der Waals surface area (Å²) in [5.74, 6) is 0.0350. The fourth-order valence-corrected chi connectivity index (χ4v) is 5.91. The number of carbonyl (C=O) groups is 1. The van der Waals surface area contributed by atoms with Gasteiger partial charge in [0.2, 0.25) is 0 Å². The Kier molecular flexibility index (Phi) is 4.77. The van der Waals surface area contributed by atoms with Crippen LogP contribution in [0.1, 0.15) is 32.1 Å². The summed E-state index contributed by atoms with van der Waals surface area (Å²) in [6.45, 7) is 0. The van der Waals surface area contributed by atoms with Crippen LogP contribution >= 0.6 is 35.1 Å². The molecule has 1 aliphatic carbocycles. The highest BCUT2D eigenvalue weighted by Gasteiger charge is 2.37. The predicted molar refractivity (Wildman–Crippen MR) is 107 cm³/mol. The van der Waals surface area contributed by atoms with Gasteiger partial charge in [0.15, 0.2) is 5.17 Å². The molecule has 3 aliphatic rings. The molecule has 0 bridgehead atoms. The maximum Gasteiger partial charge on any atom is 0.269 e. The van der Waals surface area contributed by atoms with Gasteiger partial charge in [0.05, 0.1) is 16.8 Å². The SMILES string of the molecule is CN1C(=O)/C(=C2\Sc3ccc(Cl)cc3N2C)SC1=NC1CCCCC1. The van der Waals surface area contributed by atoms with E-state index in [4.69, 9.17) is 16.6 Å². The monoisotopic (exact) mass is 393 g/mol. The molecule has 25 heavy (non-hydrogen) atoms. The minimum Gasteiger partial charge on any atom is -0.337 e. The van der Waals surface area contributed by atoms with Crippen LogP contribution in [0.4, 0.5) is 5.69 Å². The maximum absolute atomic E-state index is 12.8. The highest BCUT2D eigenvalue weighted by molar-refractivity contribution is 8.19. The van der Waals surface area contributed by atoms with E-state index in [1.807, 2.05) is 32.3 Å². The third-order valence-corrected chi connectivity index (χ3v) is 7.57. The van der Waals surface area contributed by atoms with E-state index in [1.165, 1.54) is 31.0 Å². The van der Waals surface area contributed by atoms with Crippen LogP contribution in [0.25, 0.3) is 0 Å². The van der Waals surface area contributed by atoms with Crippen molar-refractivity contribution in [2.45, 2.75) is 43.0 Å². The van der Waals surface area contributed by atoms with Crippen molar-refractivity contribution in [2.75, 3.05) is 19.0 Å². The molecule has 132 valence electrons. The van der Waals surface area contributed by atoms with E-state index in [-0.39, 0.29) is 5.91 Å². The van der Waals surface area contributed by atoms with E-state index in [9.17, 15) is 4.79 Å². The van der Waals surface area contributed by atoms with Crippen molar-refractivity contribution in [3.8, 4) is 0 Å². The minimum atomic E-state index is 0.0350. The molecule has 1 aromatic rings. The third kappa shape index (κ3) is 3.20. The summed E-state index contributed by atoms with van der Waals surface area (Å²) >= 11 is 9.26. The third-order valence-electron chi connectivity index (χ3n) is 4.83. The Morgan fingerprint density at radius 2 is 1.88 bits per heavy atom. The zero-order valence-corrected chi connectivity index (χ0v) is 16.7. The minimum absolute atomic E-state index is 0.0350. The zero-order chi connectivity index (χ0) is 17.6. The van der Waals surface area contributed by atoms with Gasteiger partial charge < -0.3 is 4.90 Å². The largest absolute Gasteiger partial charge is 0.337 e. The van der Waals surface area contributed by atoms with Gasteiger partial charge in [-0.15, -0.1) is 0 Å². The lowest BCUT2D eigenvalue weighted by Crippen LogP contribution is -2.26. The molecule has 4 nitrogen and oxygen atoms in total. The first kappa shape index (κ1) is 17.3. The van der Waals surface area contributed by atoms with Crippen LogP contribution in [0, 0.1) is 0 Å². The van der Waals surface area contributed by atoms with Crippen molar-refractivity contribution >= 4 is 51.9 Å². The quantitative estimate of drug-likeness (QED) is 0.633. The molecule has 1 saturated heterocycles. The highest BCUT2D eigenvalue weighted by Crippen LogP contribution is 2.50. The van der Waals surface area contributed by atoms with Crippen LogP contribution in [0.15, 0.2) is 38.0 Å².